The normalized spacial score (nSPS) is 13.5. The molecule has 1 rings (SSSR count). The number of nitrogens with zero attached hydrogens (tertiary/aromatic N) is 1. The van der Waals surface area contributed by atoms with Gasteiger partial charge in [0.15, 0.2) is 0 Å². The van der Waals surface area contributed by atoms with Crippen molar-refractivity contribution in [2.75, 3.05) is 17.3 Å². The molecule has 0 spiro atoms. The highest BCUT2D eigenvalue weighted by Crippen LogP contribution is 2.08. The second-order valence-electron chi connectivity index (χ2n) is 3.51. The van der Waals surface area contributed by atoms with Gasteiger partial charge in [0.1, 0.15) is 9.84 Å². The van der Waals surface area contributed by atoms with Crippen molar-refractivity contribution < 1.29 is 12.8 Å². The Labute approximate surface area is 88.5 Å². The molecule has 0 aromatic carbocycles. The first-order valence-electron chi connectivity index (χ1n) is 4.42. The number of aromatic nitrogens is 1. The fourth-order valence-electron chi connectivity index (χ4n) is 1.27. The van der Waals surface area contributed by atoms with Gasteiger partial charge < -0.3 is 5.32 Å². The molecule has 0 fully saturated rings. The predicted molar refractivity (Wildman–Crippen MR) is 57.0 cm³/mol. The largest absolute Gasteiger partial charge is 0.381 e. The first kappa shape index (κ1) is 11.9. The van der Waals surface area contributed by atoms with E-state index in [1.807, 2.05) is 0 Å². The van der Waals surface area contributed by atoms with Crippen LogP contribution in [0.1, 0.15) is 6.92 Å². The summed E-state index contributed by atoms with van der Waals surface area (Å²) in [5, 5.41) is 2.88. The molecule has 0 aliphatic carbocycles. The number of hydrogen-bond donors (Lipinski definition) is 1. The van der Waals surface area contributed by atoms with Gasteiger partial charge in [0.2, 0.25) is 5.95 Å². The van der Waals surface area contributed by atoms with Gasteiger partial charge in [-0.25, -0.2) is 13.4 Å². The Bertz CT molecular complexity index is 433. The number of sulfone groups is 1. The molecule has 0 saturated carbocycles. The molecule has 0 aliphatic heterocycles. The summed E-state index contributed by atoms with van der Waals surface area (Å²) in [6, 6.07) is 2.54. The van der Waals surface area contributed by atoms with Crippen molar-refractivity contribution in [3.8, 4) is 0 Å². The predicted octanol–water partition coefficient (Wildman–Crippen LogP) is 1.07. The highest BCUT2D eigenvalue weighted by atomic mass is 32.2. The summed E-state index contributed by atoms with van der Waals surface area (Å²) in [5.74, 6) is -0.580. The highest BCUT2D eigenvalue weighted by molar-refractivity contribution is 7.90. The van der Waals surface area contributed by atoms with Crippen LogP contribution in [-0.2, 0) is 9.84 Å². The molecule has 4 nitrogen and oxygen atoms in total. The summed E-state index contributed by atoms with van der Waals surface area (Å²) in [5.41, 5.74) is 0.527. The molecule has 0 radical (unpaired) electrons. The molecule has 1 unspecified atom stereocenters. The van der Waals surface area contributed by atoms with Gasteiger partial charge in [0, 0.05) is 30.2 Å². The molecule has 1 aromatic rings. The molecule has 0 amide bonds. The van der Waals surface area contributed by atoms with E-state index in [1.165, 1.54) is 12.3 Å². The van der Waals surface area contributed by atoms with Crippen molar-refractivity contribution in [3.05, 3.63) is 24.3 Å². The molecule has 84 valence electrons. The van der Waals surface area contributed by atoms with E-state index in [4.69, 9.17) is 0 Å². The Hall–Kier alpha value is -1.17. The van der Waals surface area contributed by atoms with Crippen LogP contribution >= 0.6 is 0 Å². The molecule has 1 atom stereocenters. The average Bonchev–Trinajstić information content (AvgIpc) is 1.99. The minimum atomic E-state index is -3.03. The van der Waals surface area contributed by atoms with E-state index in [0.29, 0.717) is 5.69 Å². The van der Waals surface area contributed by atoms with Crippen molar-refractivity contribution in [2.45, 2.75) is 13.0 Å². The van der Waals surface area contributed by atoms with Gasteiger partial charge in [-0.3, -0.25) is 0 Å². The van der Waals surface area contributed by atoms with Gasteiger partial charge in [-0.1, -0.05) is 0 Å². The summed E-state index contributed by atoms with van der Waals surface area (Å²) in [6.45, 7) is 1.72. The van der Waals surface area contributed by atoms with Crippen LogP contribution in [0.15, 0.2) is 18.3 Å². The molecular formula is C9H13FN2O2S. The fourth-order valence-corrected chi connectivity index (χ4v) is 2.26. The molecule has 1 heterocycles. The highest BCUT2D eigenvalue weighted by Gasteiger charge is 2.10. The fraction of sp³-hybridized carbons (Fsp3) is 0.444. The quantitative estimate of drug-likeness (QED) is 0.789. The van der Waals surface area contributed by atoms with Crippen LogP contribution in [0.3, 0.4) is 0 Å². The Morgan fingerprint density at radius 2 is 2.27 bits per heavy atom. The summed E-state index contributed by atoms with van der Waals surface area (Å²) in [7, 11) is -3.03. The van der Waals surface area contributed by atoms with Crippen molar-refractivity contribution in [1.29, 1.82) is 0 Å². The third-order valence-electron chi connectivity index (χ3n) is 1.69. The Morgan fingerprint density at radius 1 is 1.60 bits per heavy atom. The van der Waals surface area contributed by atoms with Gasteiger partial charge in [-0.05, 0) is 13.0 Å². The van der Waals surface area contributed by atoms with Crippen LogP contribution in [0.5, 0.6) is 0 Å². The van der Waals surface area contributed by atoms with Crippen LogP contribution in [0.4, 0.5) is 10.1 Å². The third kappa shape index (κ3) is 4.73. The second-order valence-corrected chi connectivity index (χ2v) is 5.69. The van der Waals surface area contributed by atoms with E-state index in [-0.39, 0.29) is 11.8 Å². The molecule has 0 saturated heterocycles. The second kappa shape index (κ2) is 4.57. The maximum atomic E-state index is 12.7. The van der Waals surface area contributed by atoms with Gasteiger partial charge in [-0.15, -0.1) is 0 Å². The summed E-state index contributed by atoms with van der Waals surface area (Å²) < 4.78 is 34.6. The lowest BCUT2D eigenvalue weighted by Crippen LogP contribution is -2.25. The van der Waals surface area contributed by atoms with Crippen LogP contribution in [-0.4, -0.2) is 31.5 Å². The number of anilines is 1. The Morgan fingerprint density at radius 3 is 2.80 bits per heavy atom. The van der Waals surface area contributed by atoms with E-state index < -0.39 is 15.8 Å². The third-order valence-corrected chi connectivity index (χ3v) is 2.80. The van der Waals surface area contributed by atoms with Crippen LogP contribution < -0.4 is 5.32 Å². The first-order chi connectivity index (χ1) is 6.87. The molecule has 6 heteroatoms. The van der Waals surface area contributed by atoms with Crippen molar-refractivity contribution in [2.24, 2.45) is 0 Å². The summed E-state index contributed by atoms with van der Waals surface area (Å²) in [6.07, 6.45) is 2.49. The lowest BCUT2D eigenvalue weighted by molar-refractivity contribution is 0.584. The minimum absolute atomic E-state index is 0.0109. The SMILES string of the molecule is CC(CS(C)(=O)=O)Nc1ccnc(F)c1. The van der Waals surface area contributed by atoms with Crippen LogP contribution in [0, 0.1) is 5.95 Å². The van der Waals surface area contributed by atoms with Crippen molar-refractivity contribution >= 4 is 15.5 Å². The van der Waals surface area contributed by atoms with Crippen molar-refractivity contribution in [1.82, 2.24) is 4.98 Å². The lowest BCUT2D eigenvalue weighted by atomic mass is 10.3. The van der Waals surface area contributed by atoms with Gasteiger partial charge in [-0.2, -0.15) is 4.39 Å². The molecule has 1 N–H and O–H groups in total. The standard InChI is InChI=1S/C9H13FN2O2S/c1-7(6-15(2,13)14)12-8-3-4-11-9(10)5-8/h3-5,7H,6H2,1-2H3,(H,11,12). The number of halogens is 1. The van der Waals surface area contributed by atoms with E-state index in [2.05, 4.69) is 10.3 Å². The van der Waals surface area contributed by atoms with Crippen LogP contribution in [0.25, 0.3) is 0 Å². The first-order valence-corrected chi connectivity index (χ1v) is 6.49. The molecular weight excluding hydrogens is 219 g/mol. The number of rotatable bonds is 4. The van der Waals surface area contributed by atoms with Gasteiger partial charge in [0.25, 0.3) is 0 Å². The van der Waals surface area contributed by atoms with Crippen molar-refractivity contribution in [3.63, 3.8) is 0 Å². The zero-order valence-corrected chi connectivity index (χ0v) is 9.38. The summed E-state index contributed by atoms with van der Waals surface area (Å²) >= 11 is 0. The van der Waals surface area contributed by atoms with Gasteiger partial charge >= 0.3 is 0 Å². The number of pyridine rings is 1. The lowest BCUT2D eigenvalue weighted by Gasteiger charge is -2.13. The Balaban J connectivity index is 2.63. The van der Waals surface area contributed by atoms with Gasteiger partial charge in [0.05, 0.1) is 5.75 Å². The number of nitrogens with one attached hydrogen (secondary N) is 1. The van der Waals surface area contributed by atoms with E-state index >= 15 is 0 Å². The Kier molecular flexibility index (Phi) is 3.62. The topological polar surface area (TPSA) is 59.1 Å². The minimum Gasteiger partial charge on any atom is -0.381 e. The monoisotopic (exact) mass is 232 g/mol. The average molecular weight is 232 g/mol. The maximum Gasteiger partial charge on any atom is 0.214 e. The van der Waals surface area contributed by atoms with E-state index in [0.717, 1.165) is 6.26 Å². The molecule has 1 aromatic heterocycles. The molecule has 15 heavy (non-hydrogen) atoms. The van der Waals surface area contributed by atoms with E-state index in [9.17, 15) is 12.8 Å². The van der Waals surface area contributed by atoms with Crippen LogP contribution in [0.2, 0.25) is 0 Å². The zero-order chi connectivity index (χ0) is 11.5. The summed E-state index contributed by atoms with van der Waals surface area (Å²) in [4.78, 5) is 3.40. The molecule has 0 aliphatic rings. The maximum absolute atomic E-state index is 12.7. The zero-order valence-electron chi connectivity index (χ0n) is 8.57. The number of hydrogen-bond acceptors (Lipinski definition) is 4. The molecule has 0 bridgehead atoms. The smallest absolute Gasteiger partial charge is 0.214 e. The van der Waals surface area contributed by atoms with E-state index in [1.54, 1.807) is 13.0 Å².